The molecule has 3 amide bonds. The lowest BCUT2D eigenvalue weighted by atomic mass is 10.1. The Bertz CT molecular complexity index is 896. The van der Waals surface area contributed by atoms with Crippen molar-refractivity contribution in [3.05, 3.63) is 65.7 Å². The van der Waals surface area contributed by atoms with Gasteiger partial charge in [0.25, 0.3) is 5.91 Å². The normalized spacial score (nSPS) is 14.1. The summed E-state index contributed by atoms with van der Waals surface area (Å²) in [6.07, 6.45) is 2.05. The van der Waals surface area contributed by atoms with Crippen LogP contribution in [0.3, 0.4) is 0 Å². The van der Waals surface area contributed by atoms with Gasteiger partial charge in [-0.15, -0.1) is 0 Å². The van der Waals surface area contributed by atoms with Crippen LogP contribution in [0.2, 0.25) is 0 Å². The minimum Gasteiger partial charge on any atom is -0.352 e. The topological polar surface area (TPSA) is 90.5 Å². The van der Waals surface area contributed by atoms with E-state index in [-0.39, 0.29) is 36.9 Å². The molecule has 158 valence electrons. The molecule has 3 N–H and O–H groups in total. The molecule has 0 bridgehead atoms. The van der Waals surface area contributed by atoms with Gasteiger partial charge in [0.15, 0.2) is 0 Å². The minimum absolute atomic E-state index is 0.0501. The van der Waals surface area contributed by atoms with Gasteiger partial charge >= 0.3 is 0 Å². The average Bonchev–Trinajstić information content (AvgIpc) is 3.52. The third-order valence-corrected chi connectivity index (χ3v) is 4.86. The summed E-state index contributed by atoms with van der Waals surface area (Å²) in [6.45, 7) is 2.12. The Hall–Kier alpha value is -3.19. The summed E-state index contributed by atoms with van der Waals surface area (Å²) < 4.78 is 0. The number of hydrogen-bond donors (Lipinski definition) is 3. The van der Waals surface area contributed by atoms with Crippen LogP contribution in [0.5, 0.6) is 0 Å². The third-order valence-electron chi connectivity index (χ3n) is 4.86. The average molecular weight is 409 g/mol. The number of anilines is 1. The van der Waals surface area contributed by atoms with Crippen molar-refractivity contribution in [2.75, 3.05) is 25.5 Å². The van der Waals surface area contributed by atoms with Crippen molar-refractivity contribution < 1.29 is 14.4 Å². The number of nitrogens with one attached hydrogen (secondary N) is 3. The smallest absolute Gasteiger partial charge is 0.253 e. The summed E-state index contributed by atoms with van der Waals surface area (Å²) >= 11 is 0. The molecule has 1 aliphatic rings. The molecule has 0 saturated heterocycles. The first-order valence-corrected chi connectivity index (χ1v) is 10.1. The minimum atomic E-state index is -0.284. The second kappa shape index (κ2) is 10.0. The second-order valence-corrected chi connectivity index (χ2v) is 7.71. The molecule has 0 aromatic heterocycles. The number of rotatable bonds is 9. The van der Waals surface area contributed by atoms with Gasteiger partial charge in [-0.25, -0.2) is 0 Å². The second-order valence-electron chi connectivity index (χ2n) is 7.71. The molecule has 30 heavy (non-hydrogen) atoms. The number of amides is 3. The summed E-state index contributed by atoms with van der Waals surface area (Å²) in [5.74, 6) is -0.630. The Morgan fingerprint density at radius 3 is 2.30 bits per heavy atom. The van der Waals surface area contributed by atoms with Crippen molar-refractivity contribution in [1.82, 2.24) is 15.5 Å². The Morgan fingerprint density at radius 1 is 0.967 bits per heavy atom. The van der Waals surface area contributed by atoms with Gasteiger partial charge in [0.2, 0.25) is 11.8 Å². The lowest BCUT2D eigenvalue weighted by molar-refractivity contribution is -0.123. The predicted molar refractivity (Wildman–Crippen MR) is 116 cm³/mol. The molecular formula is C23H28N4O3. The molecular weight excluding hydrogens is 380 g/mol. The Morgan fingerprint density at radius 2 is 1.60 bits per heavy atom. The van der Waals surface area contributed by atoms with Crippen molar-refractivity contribution in [3.8, 4) is 0 Å². The number of nitrogens with zero attached hydrogens (tertiary/aromatic N) is 1. The summed E-state index contributed by atoms with van der Waals surface area (Å²) in [4.78, 5) is 38.7. The van der Waals surface area contributed by atoms with Crippen molar-refractivity contribution >= 4 is 23.4 Å². The molecule has 0 heterocycles. The molecule has 0 unspecified atom stereocenters. The lowest BCUT2D eigenvalue weighted by Crippen LogP contribution is -2.39. The van der Waals surface area contributed by atoms with Crippen LogP contribution >= 0.6 is 0 Å². The van der Waals surface area contributed by atoms with Gasteiger partial charge in [0.1, 0.15) is 0 Å². The highest BCUT2D eigenvalue weighted by molar-refractivity contribution is 6.04. The van der Waals surface area contributed by atoms with Crippen molar-refractivity contribution in [3.63, 3.8) is 0 Å². The fourth-order valence-electron chi connectivity index (χ4n) is 3.13. The van der Waals surface area contributed by atoms with Gasteiger partial charge < -0.3 is 16.0 Å². The SMILES string of the molecule is C[C@H](NC(=O)c1ccccc1NC(=O)CN(C)CC(=O)NC1CC1)c1ccccc1. The summed E-state index contributed by atoms with van der Waals surface area (Å²) in [6, 6.07) is 16.7. The van der Waals surface area contributed by atoms with Crippen molar-refractivity contribution in [2.45, 2.75) is 31.8 Å². The van der Waals surface area contributed by atoms with Crippen LogP contribution in [-0.2, 0) is 9.59 Å². The standard InChI is InChI=1S/C23H28N4O3/c1-16(17-8-4-3-5-9-17)24-23(30)19-10-6-7-11-20(19)26-22(29)15-27(2)14-21(28)25-18-12-13-18/h3-11,16,18H,12-15H2,1-2H3,(H,24,30)(H,25,28)(H,26,29)/t16-/m0/s1. The largest absolute Gasteiger partial charge is 0.352 e. The van der Waals surface area contributed by atoms with E-state index in [1.807, 2.05) is 37.3 Å². The molecule has 7 nitrogen and oxygen atoms in total. The van der Waals surface area contributed by atoms with E-state index in [4.69, 9.17) is 0 Å². The van der Waals surface area contributed by atoms with Gasteiger partial charge in [0, 0.05) is 6.04 Å². The first kappa shape index (κ1) is 21.5. The van der Waals surface area contributed by atoms with Crippen LogP contribution in [0.1, 0.15) is 41.7 Å². The fourth-order valence-corrected chi connectivity index (χ4v) is 3.13. The molecule has 3 rings (SSSR count). The molecule has 2 aromatic rings. The Balaban J connectivity index is 1.56. The van der Waals surface area contributed by atoms with Gasteiger partial charge in [0.05, 0.1) is 30.4 Å². The van der Waals surface area contributed by atoms with Gasteiger partial charge in [-0.1, -0.05) is 42.5 Å². The molecule has 1 aliphatic carbocycles. The lowest BCUT2D eigenvalue weighted by Gasteiger charge is -2.18. The maximum absolute atomic E-state index is 12.8. The van der Waals surface area contributed by atoms with Crippen LogP contribution in [0.25, 0.3) is 0 Å². The summed E-state index contributed by atoms with van der Waals surface area (Å²) in [7, 11) is 1.71. The molecule has 0 aliphatic heterocycles. The van der Waals surface area contributed by atoms with E-state index in [2.05, 4.69) is 16.0 Å². The Kier molecular flexibility index (Phi) is 7.19. The number of benzene rings is 2. The van der Waals surface area contributed by atoms with E-state index in [0.717, 1.165) is 18.4 Å². The summed E-state index contributed by atoms with van der Waals surface area (Å²) in [5, 5.41) is 8.65. The van der Waals surface area contributed by atoms with E-state index in [0.29, 0.717) is 17.3 Å². The number of carbonyl (C=O) groups excluding carboxylic acids is 3. The van der Waals surface area contributed by atoms with E-state index < -0.39 is 0 Å². The zero-order valence-electron chi connectivity index (χ0n) is 17.4. The van der Waals surface area contributed by atoms with Gasteiger partial charge in [-0.05, 0) is 44.5 Å². The van der Waals surface area contributed by atoms with E-state index in [1.165, 1.54) is 0 Å². The maximum Gasteiger partial charge on any atom is 0.253 e. The molecule has 1 fully saturated rings. The molecule has 1 atom stereocenters. The van der Waals surface area contributed by atoms with Crippen LogP contribution in [-0.4, -0.2) is 48.8 Å². The van der Waals surface area contributed by atoms with Gasteiger partial charge in [-0.2, -0.15) is 0 Å². The molecule has 1 saturated carbocycles. The van der Waals surface area contributed by atoms with Crippen LogP contribution in [0.15, 0.2) is 54.6 Å². The first-order valence-electron chi connectivity index (χ1n) is 10.1. The molecule has 2 aromatic carbocycles. The number of likely N-dealkylation sites (N-methyl/N-ethyl adjacent to an activating group) is 1. The van der Waals surface area contributed by atoms with Crippen molar-refractivity contribution in [1.29, 1.82) is 0 Å². The summed E-state index contributed by atoms with van der Waals surface area (Å²) in [5.41, 5.74) is 1.83. The quantitative estimate of drug-likeness (QED) is 0.594. The van der Waals surface area contributed by atoms with E-state index >= 15 is 0 Å². The number of para-hydroxylation sites is 1. The van der Waals surface area contributed by atoms with Crippen molar-refractivity contribution in [2.24, 2.45) is 0 Å². The first-order chi connectivity index (χ1) is 14.4. The van der Waals surface area contributed by atoms with E-state index in [9.17, 15) is 14.4 Å². The zero-order chi connectivity index (χ0) is 21.5. The highest BCUT2D eigenvalue weighted by atomic mass is 16.2. The molecule has 0 spiro atoms. The van der Waals surface area contributed by atoms with Crippen LogP contribution in [0.4, 0.5) is 5.69 Å². The number of hydrogen-bond acceptors (Lipinski definition) is 4. The number of carbonyl (C=O) groups is 3. The van der Waals surface area contributed by atoms with Crippen LogP contribution in [0, 0.1) is 0 Å². The molecule has 7 heteroatoms. The molecule has 0 radical (unpaired) electrons. The highest BCUT2D eigenvalue weighted by Crippen LogP contribution is 2.19. The predicted octanol–water partition coefficient (Wildman–Crippen LogP) is 2.33. The maximum atomic E-state index is 12.8. The van der Waals surface area contributed by atoms with Crippen LogP contribution < -0.4 is 16.0 Å². The Labute approximate surface area is 176 Å². The van der Waals surface area contributed by atoms with E-state index in [1.54, 1.807) is 36.2 Å². The third kappa shape index (κ3) is 6.42. The fraction of sp³-hybridized carbons (Fsp3) is 0.348. The highest BCUT2D eigenvalue weighted by Gasteiger charge is 2.24. The zero-order valence-corrected chi connectivity index (χ0v) is 17.4. The monoisotopic (exact) mass is 408 g/mol. The van der Waals surface area contributed by atoms with Gasteiger partial charge in [-0.3, -0.25) is 19.3 Å².